The lowest BCUT2D eigenvalue weighted by molar-refractivity contribution is 0.416. The second-order valence-corrected chi connectivity index (χ2v) is 4.21. The van der Waals surface area contributed by atoms with Gasteiger partial charge in [-0.15, -0.1) is 0 Å². The van der Waals surface area contributed by atoms with Crippen molar-refractivity contribution in [2.45, 2.75) is 0 Å². The molecule has 0 saturated carbocycles. The van der Waals surface area contributed by atoms with Crippen LogP contribution in [-0.2, 0) is 0 Å². The fourth-order valence-electron chi connectivity index (χ4n) is 2.17. The highest BCUT2D eigenvalue weighted by Crippen LogP contribution is 2.34. The van der Waals surface area contributed by atoms with Crippen molar-refractivity contribution in [2.24, 2.45) is 0 Å². The Bertz CT molecular complexity index is 869. The third kappa shape index (κ3) is 1.51. The Kier molecular flexibility index (Phi) is 2.64. The van der Waals surface area contributed by atoms with Crippen LogP contribution in [-0.4, -0.2) is 0 Å². The molecular formula is C14H4F6. The predicted molar refractivity (Wildman–Crippen MR) is 61.2 cm³/mol. The second kappa shape index (κ2) is 4.13. The lowest BCUT2D eigenvalue weighted by atomic mass is 10.0. The van der Waals surface area contributed by atoms with Crippen molar-refractivity contribution in [3.63, 3.8) is 0 Å². The molecule has 3 aromatic carbocycles. The van der Waals surface area contributed by atoms with Gasteiger partial charge in [-0.2, -0.15) is 0 Å². The molecule has 6 heteroatoms. The molecule has 3 rings (SSSR count). The van der Waals surface area contributed by atoms with Crippen LogP contribution in [0.25, 0.3) is 21.5 Å². The number of hydrogen-bond donors (Lipinski definition) is 0. The summed E-state index contributed by atoms with van der Waals surface area (Å²) in [7, 11) is 0. The zero-order valence-corrected chi connectivity index (χ0v) is 9.58. The number of hydrogen-bond acceptors (Lipinski definition) is 0. The topological polar surface area (TPSA) is 0 Å². The van der Waals surface area contributed by atoms with E-state index in [2.05, 4.69) is 0 Å². The fourth-order valence-corrected chi connectivity index (χ4v) is 2.17. The minimum absolute atomic E-state index is 0.0840. The molecule has 3 aromatic rings. The molecule has 0 radical (unpaired) electrons. The standard InChI is InChI=1S/C14H4F6/c15-7-3-1-2-5-4-6-9(11(17)8(5)7)12(18)14(20)13(19)10(6)16/h1-4H. The molecule has 0 heterocycles. The monoisotopic (exact) mass is 286 g/mol. The zero-order valence-electron chi connectivity index (χ0n) is 9.58. The van der Waals surface area contributed by atoms with Crippen LogP contribution in [0, 0.1) is 34.9 Å². The van der Waals surface area contributed by atoms with Gasteiger partial charge < -0.3 is 0 Å². The molecule has 102 valence electrons. The summed E-state index contributed by atoms with van der Waals surface area (Å²) in [6.07, 6.45) is 0. The van der Waals surface area contributed by atoms with E-state index in [-0.39, 0.29) is 5.39 Å². The molecule has 0 saturated heterocycles. The van der Waals surface area contributed by atoms with Gasteiger partial charge in [-0.05, 0) is 17.5 Å². The summed E-state index contributed by atoms with van der Waals surface area (Å²) in [5.41, 5.74) is 0. The molecule has 20 heavy (non-hydrogen) atoms. The van der Waals surface area contributed by atoms with Crippen molar-refractivity contribution in [3.05, 3.63) is 59.2 Å². The maximum Gasteiger partial charge on any atom is 0.198 e. The summed E-state index contributed by atoms with van der Waals surface area (Å²) in [6, 6.07) is 4.28. The van der Waals surface area contributed by atoms with Crippen molar-refractivity contribution in [2.75, 3.05) is 0 Å². The predicted octanol–water partition coefficient (Wildman–Crippen LogP) is 4.83. The van der Waals surface area contributed by atoms with Crippen LogP contribution in [0.4, 0.5) is 26.3 Å². The van der Waals surface area contributed by atoms with Gasteiger partial charge in [0.15, 0.2) is 23.3 Å². The van der Waals surface area contributed by atoms with Gasteiger partial charge >= 0.3 is 0 Å². The van der Waals surface area contributed by atoms with Crippen LogP contribution in [0.2, 0.25) is 0 Å². The van der Waals surface area contributed by atoms with Gasteiger partial charge in [-0.25, -0.2) is 26.3 Å². The van der Waals surface area contributed by atoms with Crippen LogP contribution >= 0.6 is 0 Å². The number of fused-ring (bicyclic) bond motifs is 2. The van der Waals surface area contributed by atoms with E-state index in [9.17, 15) is 26.3 Å². The molecule has 0 amide bonds. The van der Waals surface area contributed by atoms with Crippen LogP contribution < -0.4 is 0 Å². The highest BCUT2D eigenvalue weighted by atomic mass is 19.2. The van der Waals surface area contributed by atoms with Crippen molar-refractivity contribution in [1.29, 1.82) is 0 Å². The van der Waals surface area contributed by atoms with Crippen LogP contribution in [0.3, 0.4) is 0 Å². The Morgan fingerprint density at radius 1 is 0.600 bits per heavy atom. The van der Waals surface area contributed by atoms with Gasteiger partial charge in [0, 0.05) is 5.39 Å². The summed E-state index contributed by atoms with van der Waals surface area (Å²) in [5, 5.41) is -2.58. The first-order valence-corrected chi connectivity index (χ1v) is 5.46. The second-order valence-electron chi connectivity index (χ2n) is 4.21. The van der Waals surface area contributed by atoms with Gasteiger partial charge in [0.25, 0.3) is 0 Å². The third-order valence-corrected chi connectivity index (χ3v) is 3.09. The highest BCUT2D eigenvalue weighted by Gasteiger charge is 2.24. The first-order valence-electron chi connectivity index (χ1n) is 5.46. The number of rotatable bonds is 0. The summed E-state index contributed by atoms with van der Waals surface area (Å²) < 4.78 is 81.2. The molecule has 0 unspecified atom stereocenters. The number of halogens is 6. The van der Waals surface area contributed by atoms with Crippen molar-refractivity contribution in [3.8, 4) is 0 Å². The average molecular weight is 286 g/mol. The van der Waals surface area contributed by atoms with E-state index < -0.39 is 51.1 Å². The van der Waals surface area contributed by atoms with E-state index >= 15 is 0 Å². The van der Waals surface area contributed by atoms with Gasteiger partial charge in [-0.3, -0.25) is 0 Å². The molecule has 0 aliphatic rings. The lowest BCUT2D eigenvalue weighted by Gasteiger charge is -2.09. The first-order chi connectivity index (χ1) is 9.43. The highest BCUT2D eigenvalue weighted by molar-refractivity contribution is 5.99. The number of benzene rings is 3. The average Bonchev–Trinajstić information content (AvgIpc) is 2.42. The molecule has 0 aliphatic heterocycles. The first kappa shape index (κ1) is 12.8. The summed E-state index contributed by atoms with van der Waals surface area (Å²) in [6.45, 7) is 0. The molecule has 0 N–H and O–H groups in total. The lowest BCUT2D eigenvalue weighted by Crippen LogP contribution is -2.01. The quantitative estimate of drug-likeness (QED) is 0.240. The Hall–Kier alpha value is -2.24. The van der Waals surface area contributed by atoms with E-state index in [1.807, 2.05) is 0 Å². The van der Waals surface area contributed by atoms with Gasteiger partial charge in [0.05, 0.1) is 10.8 Å². The maximum atomic E-state index is 14.1. The van der Waals surface area contributed by atoms with Gasteiger partial charge in [0.1, 0.15) is 11.6 Å². The molecule has 0 atom stereocenters. The maximum absolute atomic E-state index is 14.1. The Morgan fingerprint density at radius 3 is 1.95 bits per heavy atom. The minimum Gasteiger partial charge on any atom is -0.206 e. The molecule has 0 aromatic heterocycles. The van der Waals surface area contributed by atoms with Crippen molar-refractivity contribution < 1.29 is 26.3 Å². The normalized spacial score (nSPS) is 11.5. The third-order valence-electron chi connectivity index (χ3n) is 3.09. The Morgan fingerprint density at radius 2 is 1.25 bits per heavy atom. The smallest absolute Gasteiger partial charge is 0.198 e. The van der Waals surface area contributed by atoms with E-state index in [4.69, 9.17) is 0 Å². The molecule has 0 fully saturated rings. The summed E-state index contributed by atoms with van der Waals surface area (Å²) in [4.78, 5) is 0. The molecule has 0 bridgehead atoms. The van der Waals surface area contributed by atoms with E-state index in [1.165, 1.54) is 12.1 Å². The Labute approximate surface area is 108 Å². The van der Waals surface area contributed by atoms with Crippen LogP contribution in [0.15, 0.2) is 24.3 Å². The van der Waals surface area contributed by atoms with Gasteiger partial charge in [-0.1, -0.05) is 12.1 Å². The molecular weight excluding hydrogens is 282 g/mol. The molecule has 0 aliphatic carbocycles. The largest absolute Gasteiger partial charge is 0.206 e. The minimum atomic E-state index is -2.13. The van der Waals surface area contributed by atoms with Crippen molar-refractivity contribution >= 4 is 21.5 Å². The van der Waals surface area contributed by atoms with Crippen LogP contribution in [0.5, 0.6) is 0 Å². The van der Waals surface area contributed by atoms with Crippen molar-refractivity contribution in [1.82, 2.24) is 0 Å². The Balaban J connectivity index is 2.68. The van der Waals surface area contributed by atoms with E-state index in [0.717, 1.165) is 12.1 Å². The SMILES string of the molecule is Fc1c(F)c(F)c2c(F)c3c(F)cccc3cc2c1F. The fraction of sp³-hybridized carbons (Fsp3) is 0. The van der Waals surface area contributed by atoms with E-state index in [0.29, 0.717) is 0 Å². The zero-order chi connectivity index (χ0) is 14.6. The molecule has 0 spiro atoms. The summed E-state index contributed by atoms with van der Waals surface area (Å²) in [5.74, 6) is -10.3. The molecule has 0 nitrogen and oxygen atoms in total. The van der Waals surface area contributed by atoms with Gasteiger partial charge in [0.2, 0.25) is 0 Å². The summed E-state index contributed by atoms with van der Waals surface area (Å²) >= 11 is 0. The van der Waals surface area contributed by atoms with Crippen LogP contribution in [0.1, 0.15) is 0 Å². The van der Waals surface area contributed by atoms with E-state index in [1.54, 1.807) is 0 Å².